The Bertz CT molecular complexity index is 807. The zero-order valence-corrected chi connectivity index (χ0v) is 11.3. The van der Waals surface area contributed by atoms with Crippen LogP contribution >= 0.6 is 0 Å². The number of ether oxygens (including phenoxy) is 1. The second-order valence-corrected chi connectivity index (χ2v) is 4.53. The van der Waals surface area contributed by atoms with Gasteiger partial charge in [-0.3, -0.25) is 5.43 Å². The van der Waals surface area contributed by atoms with Crippen LogP contribution in [-0.4, -0.2) is 9.97 Å². The molecule has 0 aliphatic heterocycles. The molecular formula is C15H13FN4O. The van der Waals surface area contributed by atoms with Gasteiger partial charge in [-0.25, -0.2) is 15.2 Å². The van der Waals surface area contributed by atoms with Gasteiger partial charge < -0.3 is 4.74 Å². The normalized spacial score (nSPS) is 10.6. The van der Waals surface area contributed by atoms with Crippen molar-refractivity contribution in [3.05, 3.63) is 53.8 Å². The zero-order chi connectivity index (χ0) is 14.8. The Labute approximate surface area is 120 Å². The van der Waals surface area contributed by atoms with Crippen LogP contribution in [0.3, 0.4) is 0 Å². The van der Waals surface area contributed by atoms with Crippen LogP contribution in [0.1, 0.15) is 5.56 Å². The molecule has 0 bridgehead atoms. The van der Waals surface area contributed by atoms with E-state index in [2.05, 4.69) is 15.4 Å². The number of nitrogens with one attached hydrogen (secondary N) is 1. The highest BCUT2D eigenvalue weighted by molar-refractivity contribution is 5.84. The van der Waals surface area contributed by atoms with E-state index in [0.717, 1.165) is 5.39 Å². The molecular weight excluding hydrogens is 271 g/mol. The molecule has 21 heavy (non-hydrogen) atoms. The van der Waals surface area contributed by atoms with Crippen molar-refractivity contribution in [2.45, 2.75) is 6.92 Å². The molecule has 0 spiro atoms. The highest BCUT2D eigenvalue weighted by Gasteiger charge is 2.10. The van der Waals surface area contributed by atoms with Crippen molar-refractivity contribution in [1.82, 2.24) is 9.97 Å². The van der Waals surface area contributed by atoms with E-state index < -0.39 is 0 Å². The largest absolute Gasteiger partial charge is 0.438 e. The monoisotopic (exact) mass is 284 g/mol. The van der Waals surface area contributed by atoms with E-state index >= 15 is 0 Å². The van der Waals surface area contributed by atoms with Gasteiger partial charge >= 0.3 is 0 Å². The van der Waals surface area contributed by atoms with Crippen LogP contribution in [0, 0.1) is 12.7 Å². The molecule has 2 aromatic carbocycles. The van der Waals surface area contributed by atoms with Crippen molar-refractivity contribution in [3.8, 4) is 11.6 Å². The summed E-state index contributed by atoms with van der Waals surface area (Å²) in [5, 5.41) is 0.720. The van der Waals surface area contributed by atoms with Crippen LogP contribution in [0.2, 0.25) is 0 Å². The van der Waals surface area contributed by atoms with Gasteiger partial charge in [0.2, 0.25) is 11.8 Å². The molecule has 0 saturated heterocycles. The number of hydrogen-bond acceptors (Lipinski definition) is 5. The summed E-state index contributed by atoms with van der Waals surface area (Å²) in [6.45, 7) is 1.69. The number of halogens is 1. The summed E-state index contributed by atoms with van der Waals surface area (Å²) in [6.07, 6.45) is 0. The Balaban J connectivity index is 2.08. The number of rotatable bonds is 3. The fraction of sp³-hybridized carbons (Fsp3) is 0.0667. The first kappa shape index (κ1) is 13.3. The molecule has 106 valence electrons. The van der Waals surface area contributed by atoms with Crippen molar-refractivity contribution in [2.75, 3.05) is 5.43 Å². The Kier molecular flexibility index (Phi) is 3.37. The average molecular weight is 284 g/mol. The summed E-state index contributed by atoms with van der Waals surface area (Å²) in [6, 6.07) is 12.0. The average Bonchev–Trinajstić information content (AvgIpc) is 2.51. The topological polar surface area (TPSA) is 73.1 Å². The Morgan fingerprint density at radius 3 is 2.71 bits per heavy atom. The van der Waals surface area contributed by atoms with E-state index in [9.17, 15) is 4.39 Å². The molecule has 0 unspecified atom stereocenters. The number of fused-ring (bicyclic) bond motifs is 1. The van der Waals surface area contributed by atoms with Crippen LogP contribution in [0.4, 0.5) is 10.3 Å². The first-order valence-electron chi connectivity index (χ1n) is 6.35. The van der Waals surface area contributed by atoms with Gasteiger partial charge in [0.05, 0.1) is 10.9 Å². The van der Waals surface area contributed by atoms with Crippen molar-refractivity contribution >= 4 is 16.9 Å². The van der Waals surface area contributed by atoms with Crippen molar-refractivity contribution in [2.24, 2.45) is 5.84 Å². The second-order valence-electron chi connectivity index (χ2n) is 4.53. The molecule has 5 nitrogen and oxygen atoms in total. The van der Waals surface area contributed by atoms with Crippen molar-refractivity contribution < 1.29 is 9.13 Å². The minimum absolute atomic E-state index is 0.233. The zero-order valence-electron chi connectivity index (χ0n) is 11.3. The van der Waals surface area contributed by atoms with Gasteiger partial charge in [-0.2, -0.15) is 4.98 Å². The Hall–Kier alpha value is -2.73. The SMILES string of the molecule is Cc1ccc(Oc2nc(NN)nc3ccccc23)cc1F. The summed E-state index contributed by atoms with van der Waals surface area (Å²) in [7, 11) is 0. The number of nitrogens with two attached hydrogens (primary N) is 1. The number of nitrogen functional groups attached to an aromatic ring is 1. The number of para-hydroxylation sites is 1. The fourth-order valence-electron chi connectivity index (χ4n) is 1.94. The minimum Gasteiger partial charge on any atom is -0.438 e. The molecule has 6 heteroatoms. The van der Waals surface area contributed by atoms with Gasteiger partial charge in [0, 0.05) is 6.07 Å². The highest BCUT2D eigenvalue weighted by Crippen LogP contribution is 2.29. The number of nitrogens with zero attached hydrogens (tertiary/aromatic N) is 2. The molecule has 1 heterocycles. The maximum atomic E-state index is 13.6. The molecule has 0 amide bonds. The summed E-state index contributed by atoms with van der Waals surface area (Å²) in [5.74, 6) is 5.94. The van der Waals surface area contributed by atoms with E-state index in [1.54, 1.807) is 19.1 Å². The van der Waals surface area contributed by atoms with Gasteiger partial charge in [0.15, 0.2) is 0 Å². The summed E-state index contributed by atoms with van der Waals surface area (Å²) >= 11 is 0. The number of aromatic nitrogens is 2. The molecule has 3 aromatic rings. The van der Waals surface area contributed by atoms with Crippen LogP contribution in [0.25, 0.3) is 10.9 Å². The minimum atomic E-state index is -0.331. The van der Waals surface area contributed by atoms with E-state index in [4.69, 9.17) is 10.6 Å². The lowest BCUT2D eigenvalue weighted by Gasteiger charge is -2.10. The van der Waals surface area contributed by atoms with Crippen LogP contribution < -0.4 is 16.0 Å². The third kappa shape index (κ3) is 2.61. The van der Waals surface area contributed by atoms with Gasteiger partial charge in [-0.05, 0) is 30.7 Å². The lowest BCUT2D eigenvalue weighted by molar-refractivity contribution is 0.463. The third-order valence-corrected chi connectivity index (χ3v) is 3.06. The molecule has 3 rings (SSSR count). The lowest BCUT2D eigenvalue weighted by atomic mass is 10.2. The smallest absolute Gasteiger partial charge is 0.241 e. The lowest BCUT2D eigenvalue weighted by Crippen LogP contribution is -2.11. The molecule has 0 radical (unpaired) electrons. The molecule has 1 aromatic heterocycles. The third-order valence-electron chi connectivity index (χ3n) is 3.06. The maximum Gasteiger partial charge on any atom is 0.241 e. The van der Waals surface area contributed by atoms with Crippen LogP contribution in [-0.2, 0) is 0 Å². The van der Waals surface area contributed by atoms with Gasteiger partial charge in [-0.1, -0.05) is 18.2 Å². The first-order chi connectivity index (χ1) is 10.2. The summed E-state index contributed by atoms with van der Waals surface area (Å²) in [5.41, 5.74) is 3.63. The van der Waals surface area contributed by atoms with E-state index in [0.29, 0.717) is 22.7 Å². The molecule has 0 saturated carbocycles. The molecule has 0 aliphatic carbocycles. The first-order valence-corrected chi connectivity index (χ1v) is 6.35. The van der Waals surface area contributed by atoms with E-state index in [1.807, 2.05) is 24.3 Å². The predicted molar refractivity (Wildman–Crippen MR) is 78.6 cm³/mol. The summed E-state index contributed by atoms with van der Waals surface area (Å²) < 4.78 is 19.3. The number of hydrazine groups is 1. The Morgan fingerprint density at radius 2 is 1.95 bits per heavy atom. The van der Waals surface area contributed by atoms with Gasteiger partial charge in [-0.15, -0.1) is 0 Å². The fourth-order valence-corrected chi connectivity index (χ4v) is 1.94. The number of benzene rings is 2. The standard InChI is InChI=1S/C15H13FN4O/c1-9-6-7-10(8-12(9)16)21-14-11-4-2-3-5-13(11)18-15(19-14)20-17/h2-8H,17H2,1H3,(H,18,19,20). The highest BCUT2D eigenvalue weighted by atomic mass is 19.1. The van der Waals surface area contributed by atoms with E-state index in [1.165, 1.54) is 6.07 Å². The molecule has 0 aliphatic rings. The van der Waals surface area contributed by atoms with Gasteiger partial charge in [0.1, 0.15) is 11.6 Å². The van der Waals surface area contributed by atoms with Gasteiger partial charge in [0.25, 0.3) is 0 Å². The molecule has 0 fully saturated rings. The molecule has 0 atom stereocenters. The van der Waals surface area contributed by atoms with Crippen LogP contribution in [0.15, 0.2) is 42.5 Å². The number of aryl methyl sites for hydroxylation is 1. The quantitative estimate of drug-likeness (QED) is 0.571. The second kappa shape index (κ2) is 5.34. The number of anilines is 1. The molecule has 3 N–H and O–H groups in total. The number of hydrogen-bond donors (Lipinski definition) is 2. The van der Waals surface area contributed by atoms with Crippen LogP contribution in [0.5, 0.6) is 11.6 Å². The van der Waals surface area contributed by atoms with Crippen molar-refractivity contribution in [1.29, 1.82) is 0 Å². The maximum absolute atomic E-state index is 13.6. The van der Waals surface area contributed by atoms with E-state index in [-0.39, 0.29) is 11.8 Å². The predicted octanol–water partition coefficient (Wildman–Crippen LogP) is 3.16. The van der Waals surface area contributed by atoms with Crippen molar-refractivity contribution in [3.63, 3.8) is 0 Å². The summed E-state index contributed by atoms with van der Waals surface area (Å²) in [4.78, 5) is 8.40. The Morgan fingerprint density at radius 1 is 1.14 bits per heavy atom.